The molecule has 0 amide bonds. The Balaban J connectivity index is 2.25. The molecule has 0 aromatic heterocycles. The highest BCUT2D eigenvalue weighted by atomic mass is 79.9. The van der Waals surface area contributed by atoms with Gasteiger partial charge in [-0.15, -0.1) is 0 Å². The van der Waals surface area contributed by atoms with Crippen LogP contribution in [-0.2, 0) is 25.4 Å². The third kappa shape index (κ3) is 3.18. The van der Waals surface area contributed by atoms with Crippen molar-refractivity contribution in [1.29, 1.82) is 0 Å². The van der Waals surface area contributed by atoms with E-state index in [1.54, 1.807) is 24.3 Å². The van der Waals surface area contributed by atoms with E-state index in [0.29, 0.717) is 10.4 Å². The Kier molecular flexibility index (Phi) is 4.78. The number of benzene rings is 1. The lowest BCUT2D eigenvalue weighted by Crippen LogP contribution is -2.36. The summed E-state index contributed by atoms with van der Waals surface area (Å²) in [5.41, 5.74) is 0.726. The Morgan fingerprint density at radius 3 is 2.60 bits per heavy atom. The molecule has 1 aromatic rings. The molecule has 0 saturated carbocycles. The molecule has 1 unspecified atom stereocenters. The predicted molar refractivity (Wildman–Crippen MR) is 78.8 cm³/mol. The standard InChI is InChI=1S/C12H14BrClO5S/c1-8(20(15,16)17)11-6-18-12(7-13,19-11)9-2-4-10(14)5-3-9/h2-5,8,11H,6-7H2,1H3,(H,15,16,17)/t8?,11-,12-/m0/s1. The molecular formula is C12H14BrClO5S. The summed E-state index contributed by atoms with van der Waals surface area (Å²) < 4.78 is 42.9. The summed E-state index contributed by atoms with van der Waals surface area (Å²) in [4.78, 5) is 0. The highest BCUT2D eigenvalue weighted by molar-refractivity contribution is 9.09. The van der Waals surface area contributed by atoms with Gasteiger partial charge in [-0.2, -0.15) is 8.42 Å². The monoisotopic (exact) mass is 384 g/mol. The molecule has 0 spiro atoms. The second-order valence-corrected chi connectivity index (χ2v) is 7.35. The molecule has 20 heavy (non-hydrogen) atoms. The van der Waals surface area contributed by atoms with Gasteiger partial charge in [0, 0.05) is 10.6 Å². The normalized spacial score (nSPS) is 28.5. The third-order valence-corrected chi connectivity index (χ3v) is 5.51. The van der Waals surface area contributed by atoms with E-state index in [4.69, 9.17) is 25.6 Å². The topological polar surface area (TPSA) is 72.8 Å². The van der Waals surface area contributed by atoms with Gasteiger partial charge in [0.05, 0.1) is 11.9 Å². The molecule has 5 nitrogen and oxygen atoms in total. The number of alkyl halides is 1. The molecule has 1 fully saturated rings. The Morgan fingerprint density at radius 2 is 2.10 bits per heavy atom. The molecule has 0 radical (unpaired) electrons. The van der Waals surface area contributed by atoms with Crippen LogP contribution in [0.15, 0.2) is 24.3 Å². The number of halogens is 2. The van der Waals surface area contributed by atoms with Gasteiger partial charge in [0.25, 0.3) is 10.1 Å². The molecule has 1 aliphatic heterocycles. The van der Waals surface area contributed by atoms with Crippen LogP contribution in [0.4, 0.5) is 0 Å². The first-order valence-electron chi connectivity index (χ1n) is 5.88. The minimum Gasteiger partial charge on any atom is -0.342 e. The molecule has 3 atom stereocenters. The molecule has 1 N–H and O–H groups in total. The molecular weight excluding hydrogens is 372 g/mol. The first-order chi connectivity index (χ1) is 9.28. The highest BCUT2D eigenvalue weighted by Gasteiger charge is 2.46. The fourth-order valence-electron chi connectivity index (χ4n) is 1.95. The van der Waals surface area contributed by atoms with Crippen molar-refractivity contribution < 1.29 is 22.4 Å². The van der Waals surface area contributed by atoms with Crippen LogP contribution in [0.3, 0.4) is 0 Å². The van der Waals surface area contributed by atoms with Gasteiger partial charge in [-0.1, -0.05) is 39.7 Å². The minimum absolute atomic E-state index is 0.0786. The number of hydrogen-bond donors (Lipinski definition) is 1. The van der Waals surface area contributed by atoms with Crippen molar-refractivity contribution >= 4 is 37.6 Å². The smallest absolute Gasteiger partial charge is 0.270 e. The van der Waals surface area contributed by atoms with Gasteiger partial charge < -0.3 is 9.47 Å². The fourth-order valence-corrected chi connectivity index (χ4v) is 3.22. The van der Waals surface area contributed by atoms with E-state index in [1.165, 1.54) is 6.92 Å². The maximum absolute atomic E-state index is 11.2. The van der Waals surface area contributed by atoms with Gasteiger partial charge in [-0.3, -0.25) is 4.55 Å². The maximum Gasteiger partial charge on any atom is 0.270 e. The predicted octanol–water partition coefficient (Wildman–Crippen LogP) is 2.58. The molecule has 0 aliphatic carbocycles. The van der Waals surface area contributed by atoms with Crippen LogP contribution in [0.5, 0.6) is 0 Å². The summed E-state index contributed by atoms with van der Waals surface area (Å²) in [6.45, 7) is 1.46. The van der Waals surface area contributed by atoms with Crippen molar-refractivity contribution in [3.63, 3.8) is 0 Å². The van der Waals surface area contributed by atoms with Crippen LogP contribution in [0.1, 0.15) is 12.5 Å². The van der Waals surface area contributed by atoms with E-state index < -0.39 is 27.3 Å². The lowest BCUT2D eigenvalue weighted by molar-refractivity contribution is -0.156. The SMILES string of the molecule is CC([C@@H]1CO[C@](CBr)(c2ccc(Cl)cc2)O1)S(=O)(=O)O. The van der Waals surface area contributed by atoms with Gasteiger partial charge in [0.1, 0.15) is 11.4 Å². The van der Waals surface area contributed by atoms with Crippen molar-refractivity contribution in [3.8, 4) is 0 Å². The van der Waals surface area contributed by atoms with E-state index in [1.807, 2.05) is 0 Å². The van der Waals surface area contributed by atoms with Crippen LogP contribution < -0.4 is 0 Å². The third-order valence-electron chi connectivity index (χ3n) is 3.28. The van der Waals surface area contributed by atoms with Crippen molar-refractivity contribution in [3.05, 3.63) is 34.9 Å². The van der Waals surface area contributed by atoms with Gasteiger partial charge >= 0.3 is 0 Å². The molecule has 112 valence electrons. The van der Waals surface area contributed by atoms with E-state index >= 15 is 0 Å². The molecule has 0 bridgehead atoms. The van der Waals surface area contributed by atoms with Gasteiger partial charge in [-0.25, -0.2) is 0 Å². The second kappa shape index (κ2) is 5.90. The fraction of sp³-hybridized carbons (Fsp3) is 0.500. The van der Waals surface area contributed by atoms with Crippen LogP contribution in [0, 0.1) is 0 Å². The van der Waals surface area contributed by atoms with E-state index in [2.05, 4.69) is 15.9 Å². The summed E-state index contributed by atoms with van der Waals surface area (Å²) in [7, 11) is -4.17. The van der Waals surface area contributed by atoms with E-state index in [9.17, 15) is 8.42 Å². The summed E-state index contributed by atoms with van der Waals surface area (Å²) in [6, 6.07) is 6.91. The van der Waals surface area contributed by atoms with Gasteiger partial charge in [-0.05, 0) is 19.1 Å². The van der Waals surface area contributed by atoms with Crippen LogP contribution >= 0.6 is 27.5 Å². The zero-order chi connectivity index (χ0) is 15.0. The van der Waals surface area contributed by atoms with Gasteiger partial charge in [0.2, 0.25) is 5.79 Å². The first kappa shape index (κ1) is 16.2. The Bertz CT molecular complexity index is 576. The second-order valence-electron chi connectivity index (χ2n) is 4.58. The average molecular weight is 386 g/mol. The highest BCUT2D eigenvalue weighted by Crippen LogP contribution is 2.38. The van der Waals surface area contributed by atoms with Gasteiger partial charge in [0.15, 0.2) is 0 Å². The van der Waals surface area contributed by atoms with Crippen LogP contribution in [0.25, 0.3) is 0 Å². The molecule has 2 rings (SSSR count). The quantitative estimate of drug-likeness (QED) is 0.637. The van der Waals surface area contributed by atoms with Crippen LogP contribution in [-0.4, -0.2) is 36.3 Å². The largest absolute Gasteiger partial charge is 0.342 e. The zero-order valence-corrected chi connectivity index (χ0v) is 13.8. The lowest BCUT2D eigenvalue weighted by atomic mass is 10.1. The maximum atomic E-state index is 11.2. The first-order valence-corrected chi connectivity index (χ1v) is 8.89. The Labute approximate surface area is 131 Å². The van der Waals surface area contributed by atoms with E-state index in [-0.39, 0.29) is 6.61 Å². The summed E-state index contributed by atoms with van der Waals surface area (Å²) in [5.74, 6) is -1.08. The molecule has 1 aliphatic rings. The average Bonchev–Trinajstić information content (AvgIpc) is 2.83. The zero-order valence-electron chi connectivity index (χ0n) is 10.6. The summed E-state index contributed by atoms with van der Waals surface area (Å²) >= 11 is 9.16. The summed E-state index contributed by atoms with van der Waals surface area (Å²) in [6.07, 6.45) is -0.738. The van der Waals surface area contributed by atoms with Crippen molar-refractivity contribution in [2.24, 2.45) is 0 Å². The Morgan fingerprint density at radius 1 is 1.50 bits per heavy atom. The molecule has 1 aromatic carbocycles. The Hall–Kier alpha value is -0.180. The minimum atomic E-state index is -4.17. The molecule has 1 heterocycles. The van der Waals surface area contributed by atoms with Crippen molar-refractivity contribution in [2.45, 2.75) is 24.1 Å². The lowest BCUT2D eigenvalue weighted by Gasteiger charge is -2.27. The number of hydrogen-bond acceptors (Lipinski definition) is 4. The molecule has 8 heteroatoms. The van der Waals surface area contributed by atoms with E-state index in [0.717, 1.165) is 5.56 Å². The molecule has 1 saturated heterocycles. The van der Waals surface area contributed by atoms with Crippen molar-refractivity contribution in [2.75, 3.05) is 11.9 Å². The summed E-state index contributed by atoms with van der Waals surface area (Å²) in [5, 5.41) is -0.147. The number of rotatable bonds is 4. The van der Waals surface area contributed by atoms with Crippen LogP contribution in [0.2, 0.25) is 5.02 Å². The number of ether oxygens (including phenoxy) is 2. The van der Waals surface area contributed by atoms with Crippen molar-refractivity contribution in [1.82, 2.24) is 0 Å².